The van der Waals surface area contributed by atoms with Crippen LogP contribution in [0.2, 0.25) is 0 Å². The van der Waals surface area contributed by atoms with Gasteiger partial charge in [0.25, 0.3) is 0 Å². The maximum atomic E-state index is 11.5. The van der Waals surface area contributed by atoms with Crippen LogP contribution in [0.4, 0.5) is 4.79 Å². The van der Waals surface area contributed by atoms with Crippen LogP contribution < -0.4 is 10.6 Å². The van der Waals surface area contributed by atoms with Gasteiger partial charge in [-0.1, -0.05) is 13.3 Å². The molecule has 1 heterocycles. The first-order valence-electron chi connectivity index (χ1n) is 6.76. The first kappa shape index (κ1) is 16.0. The zero-order valence-electron chi connectivity index (χ0n) is 11.9. The molecular weight excluding hydrogens is 260 g/mol. The Morgan fingerprint density at radius 2 is 2.20 bits per heavy atom. The third kappa shape index (κ3) is 5.73. The van der Waals surface area contributed by atoms with Crippen molar-refractivity contribution in [3.8, 4) is 0 Å². The van der Waals surface area contributed by atoms with E-state index in [4.69, 9.17) is 5.11 Å². The Kier molecular flexibility index (Phi) is 6.55. The average molecular weight is 282 g/mol. The molecule has 20 heavy (non-hydrogen) atoms. The topological polar surface area (TPSA) is 96.3 Å². The molecule has 0 fully saturated rings. The van der Waals surface area contributed by atoms with Gasteiger partial charge >= 0.3 is 12.0 Å². The van der Waals surface area contributed by atoms with E-state index >= 15 is 0 Å². The monoisotopic (exact) mass is 282 g/mol. The first-order chi connectivity index (χ1) is 9.52. The molecule has 1 aromatic heterocycles. The van der Waals surface area contributed by atoms with Gasteiger partial charge in [0.05, 0.1) is 11.6 Å². The van der Waals surface area contributed by atoms with Crippen molar-refractivity contribution in [2.75, 3.05) is 13.1 Å². The van der Waals surface area contributed by atoms with E-state index in [1.165, 1.54) is 0 Å². The van der Waals surface area contributed by atoms with E-state index in [1.807, 2.05) is 26.2 Å². The SMILES string of the molecule is CCCC(CNC(=O)NCCc1ccn(C)n1)C(=O)O. The van der Waals surface area contributed by atoms with E-state index in [0.29, 0.717) is 19.4 Å². The van der Waals surface area contributed by atoms with Crippen molar-refractivity contribution >= 4 is 12.0 Å². The molecule has 0 saturated heterocycles. The first-order valence-corrected chi connectivity index (χ1v) is 6.76. The molecule has 0 spiro atoms. The summed E-state index contributed by atoms with van der Waals surface area (Å²) >= 11 is 0. The number of aryl methyl sites for hydroxylation is 1. The van der Waals surface area contributed by atoms with E-state index in [0.717, 1.165) is 12.1 Å². The van der Waals surface area contributed by atoms with Gasteiger partial charge in [0.1, 0.15) is 0 Å². The second kappa shape index (κ2) is 8.19. The lowest BCUT2D eigenvalue weighted by Gasteiger charge is -2.12. The molecule has 0 radical (unpaired) electrons. The molecule has 1 atom stereocenters. The number of urea groups is 1. The third-order valence-corrected chi connectivity index (χ3v) is 2.93. The highest BCUT2D eigenvalue weighted by Gasteiger charge is 2.16. The van der Waals surface area contributed by atoms with E-state index in [9.17, 15) is 9.59 Å². The molecular formula is C13H22N4O3. The predicted octanol–water partition coefficient (Wildman–Crippen LogP) is 0.763. The van der Waals surface area contributed by atoms with Crippen LogP contribution >= 0.6 is 0 Å². The van der Waals surface area contributed by atoms with Crippen LogP contribution in [-0.4, -0.2) is 40.0 Å². The number of carbonyl (C=O) groups excluding carboxylic acids is 1. The molecule has 0 saturated carbocycles. The van der Waals surface area contributed by atoms with Gasteiger partial charge in [0, 0.05) is 32.8 Å². The van der Waals surface area contributed by atoms with Crippen LogP contribution in [-0.2, 0) is 18.3 Å². The van der Waals surface area contributed by atoms with Gasteiger partial charge in [-0.3, -0.25) is 9.48 Å². The second-order valence-electron chi connectivity index (χ2n) is 4.69. The van der Waals surface area contributed by atoms with Gasteiger partial charge < -0.3 is 15.7 Å². The van der Waals surface area contributed by atoms with Gasteiger partial charge in [-0.15, -0.1) is 0 Å². The number of nitrogens with one attached hydrogen (secondary N) is 2. The fourth-order valence-corrected chi connectivity index (χ4v) is 1.84. The highest BCUT2D eigenvalue weighted by molar-refractivity contribution is 5.75. The Morgan fingerprint density at radius 1 is 1.45 bits per heavy atom. The Labute approximate surface area is 118 Å². The maximum absolute atomic E-state index is 11.5. The van der Waals surface area contributed by atoms with E-state index < -0.39 is 11.9 Å². The minimum Gasteiger partial charge on any atom is -0.481 e. The number of carboxylic acid groups (broad SMARTS) is 1. The third-order valence-electron chi connectivity index (χ3n) is 2.93. The lowest BCUT2D eigenvalue weighted by molar-refractivity contribution is -0.141. The quantitative estimate of drug-likeness (QED) is 0.656. The summed E-state index contributed by atoms with van der Waals surface area (Å²) < 4.78 is 1.71. The van der Waals surface area contributed by atoms with Gasteiger partial charge in [0.2, 0.25) is 0 Å². The summed E-state index contributed by atoms with van der Waals surface area (Å²) in [7, 11) is 1.84. The molecule has 1 rings (SSSR count). The molecule has 1 unspecified atom stereocenters. The van der Waals surface area contributed by atoms with E-state index in [1.54, 1.807) is 4.68 Å². The molecule has 0 aliphatic carbocycles. The van der Waals surface area contributed by atoms with E-state index in [2.05, 4.69) is 15.7 Å². The van der Waals surface area contributed by atoms with Gasteiger partial charge in [0.15, 0.2) is 0 Å². The van der Waals surface area contributed by atoms with Gasteiger partial charge in [-0.2, -0.15) is 5.10 Å². The number of carboxylic acids is 1. The summed E-state index contributed by atoms with van der Waals surface area (Å²) in [4.78, 5) is 22.5. The molecule has 0 aromatic carbocycles. The Bertz CT molecular complexity index is 445. The number of amides is 2. The number of hydrogen-bond acceptors (Lipinski definition) is 3. The second-order valence-corrected chi connectivity index (χ2v) is 4.69. The minimum atomic E-state index is -0.874. The molecule has 0 bridgehead atoms. The van der Waals surface area contributed by atoms with Crippen LogP contribution in [0.5, 0.6) is 0 Å². The van der Waals surface area contributed by atoms with Gasteiger partial charge in [-0.05, 0) is 12.5 Å². The van der Waals surface area contributed by atoms with Crippen molar-refractivity contribution in [3.63, 3.8) is 0 Å². The summed E-state index contributed by atoms with van der Waals surface area (Å²) in [6.07, 6.45) is 3.83. The van der Waals surface area contributed by atoms with Crippen molar-refractivity contribution in [3.05, 3.63) is 18.0 Å². The van der Waals surface area contributed by atoms with E-state index in [-0.39, 0.29) is 12.6 Å². The molecule has 1 aromatic rings. The molecule has 0 aliphatic heterocycles. The summed E-state index contributed by atoms with van der Waals surface area (Å²) in [6.45, 7) is 2.54. The molecule has 0 aliphatic rings. The Balaban J connectivity index is 2.21. The zero-order valence-corrected chi connectivity index (χ0v) is 11.9. The fourth-order valence-electron chi connectivity index (χ4n) is 1.84. The molecule has 7 nitrogen and oxygen atoms in total. The summed E-state index contributed by atoms with van der Waals surface area (Å²) in [6, 6.07) is 1.55. The largest absolute Gasteiger partial charge is 0.481 e. The van der Waals surface area contributed by atoms with Crippen molar-refractivity contribution in [2.45, 2.75) is 26.2 Å². The lowest BCUT2D eigenvalue weighted by atomic mass is 10.0. The van der Waals surface area contributed by atoms with Crippen molar-refractivity contribution in [1.29, 1.82) is 0 Å². The number of hydrogen-bond donors (Lipinski definition) is 3. The highest BCUT2D eigenvalue weighted by atomic mass is 16.4. The number of carbonyl (C=O) groups is 2. The lowest BCUT2D eigenvalue weighted by Crippen LogP contribution is -2.40. The predicted molar refractivity (Wildman–Crippen MR) is 74.3 cm³/mol. The zero-order chi connectivity index (χ0) is 15.0. The number of aliphatic carboxylic acids is 1. The molecule has 3 N–H and O–H groups in total. The summed E-state index contributed by atoms with van der Waals surface area (Å²) in [5.74, 6) is -1.40. The normalized spacial score (nSPS) is 11.9. The standard InChI is InChI=1S/C13H22N4O3/c1-3-4-10(12(18)19)9-15-13(20)14-7-5-11-6-8-17(2)16-11/h6,8,10H,3-5,7,9H2,1-2H3,(H,18,19)(H2,14,15,20). The maximum Gasteiger partial charge on any atom is 0.314 e. The van der Waals surface area contributed by atoms with Crippen LogP contribution in [0.25, 0.3) is 0 Å². The average Bonchev–Trinajstić information content (AvgIpc) is 2.80. The number of aromatic nitrogens is 2. The van der Waals surface area contributed by atoms with Crippen molar-refractivity contribution in [2.24, 2.45) is 13.0 Å². The van der Waals surface area contributed by atoms with Crippen LogP contribution in [0.3, 0.4) is 0 Å². The molecule has 7 heteroatoms. The molecule has 112 valence electrons. The van der Waals surface area contributed by atoms with Crippen LogP contribution in [0.15, 0.2) is 12.3 Å². The Hall–Kier alpha value is -2.05. The van der Waals surface area contributed by atoms with Crippen molar-refractivity contribution in [1.82, 2.24) is 20.4 Å². The summed E-state index contributed by atoms with van der Waals surface area (Å²) in [5, 5.41) is 18.4. The van der Waals surface area contributed by atoms with Gasteiger partial charge in [-0.25, -0.2) is 4.79 Å². The van der Waals surface area contributed by atoms with Crippen LogP contribution in [0, 0.1) is 5.92 Å². The minimum absolute atomic E-state index is 0.151. The number of nitrogens with zero attached hydrogens (tertiary/aromatic N) is 2. The Morgan fingerprint density at radius 3 is 2.75 bits per heavy atom. The number of rotatable bonds is 8. The summed E-state index contributed by atoms with van der Waals surface area (Å²) in [5.41, 5.74) is 0.905. The van der Waals surface area contributed by atoms with Crippen LogP contribution in [0.1, 0.15) is 25.5 Å². The smallest absolute Gasteiger partial charge is 0.314 e. The fraction of sp³-hybridized carbons (Fsp3) is 0.615. The van der Waals surface area contributed by atoms with Crippen molar-refractivity contribution < 1.29 is 14.7 Å². The highest BCUT2D eigenvalue weighted by Crippen LogP contribution is 2.04. The molecule has 2 amide bonds.